The number of esters is 1. The number of hydrogen-bond acceptors (Lipinski definition) is 2. The number of rotatable bonds is 3. The molecule has 0 N–H and O–H groups in total. The number of carbonyl (C=O) groups is 1. The molecule has 1 aliphatic rings. The molecule has 0 amide bonds. The second kappa shape index (κ2) is 4.64. The molecule has 1 saturated carbocycles. The zero-order valence-corrected chi connectivity index (χ0v) is 10.4. The summed E-state index contributed by atoms with van der Waals surface area (Å²) in [5.41, 5.74) is 0.785. The summed E-state index contributed by atoms with van der Waals surface area (Å²) in [5, 5.41) is 1.11. The van der Waals surface area contributed by atoms with Crippen LogP contribution in [0.25, 0.3) is 0 Å². The van der Waals surface area contributed by atoms with E-state index in [9.17, 15) is 4.79 Å². The number of hydrogen-bond donors (Lipinski definition) is 0. The van der Waals surface area contributed by atoms with Crippen molar-refractivity contribution < 1.29 is 9.53 Å². The summed E-state index contributed by atoms with van der Waals surface area (Å²) in [6.45, 7) is 2.26. The van der Waals surface area contributed by atoms with E-state index in [-0.39, 0.29) is 18.5 Å². The Bertz CT molecular complexity index is 417. The zero-order valence-electron chi connectivity index (χ0n) is 8.87. The Morgan fingerprint density at radius 2 is 2.19 bits per heavy atom. The van der Waals surface area contributed by atoms with Crippen molar-refractivity contribution in [1.82, 2.24) is 0 Å². The van der Waals surface area contributed by atoms with Crippen molar-refractivity contribution in [3.8, 4) is 0 Å². The van der Waals surface area contributed by atoms with Crippen LogP contribution in [0.1, 0.15) is 18.9 Å². The topological polar surface area (TPSA) is 26.3 Å². The predicted molar refractivity (Wildman–Crippen MR) is 63.5 cm³/mol. The Labute approximate surface area is 104 Å². The maximum absolute atomic E-state index is 11.5. The van der Waals surface area contributed by atoms with Gasteiger partial charge in [0.25, 0.3) is 0 Å². The molecule has 0 bridgehead atoms. The highest BCUT2D eigenvalue weighted by atomic mass is 35.5. The molecule has 2 rings (SSSR count). The molecule has 86 valence electrons. The van der Waals surface area contributed by atoms with Crippen LogP contribution in [-0.4, -0.2) is 5.97 Å². The summed E-state index contributed by atoms with van der Waals surface area (Å²) in [4.78, 5) is 11.5. The molecule has 0 aliphatic heterocycles. The summed E-state index contributed by atoms with van der Waals surface area (Å²) < 4.78 is 5.18. The molecule has 0 radical (unpaired) electrons. The maximum atomic E-state index is 11.5. The van der Waals surface area contributed by atoms with E-state index in [0.29, 0.717) is 16.0 Å². The highest BCUT2D eigenvalue weighted by Gasteiger charge is 2.40. The molecule has 2 nitrogen and oxygen atoms in total. The SMILES string of the molecule is C[C@H]1C[C@@H]1C(=O)OCc1ccc(Cl)cc1Cl. The highest BCUT2D eigenvalue weighted by molar-refractivity contribution is 6.35. The van der Waals surface area contributed by atoms with Gasteiger partial charge in [0.2, 0.25) is 0 Å². The van der Waals surface area contributed by atoms with Crippen molar-refractivity contribution in [3.63, 3.8) is 0 Å². The van der Waals surface area contributed by atoms with Crippen molar-refractivity contribution >= 4 is 29.2 Å². The first kappa shape index (κ1) is 11.7. The third kappa shape index (κ3) is 2.69. The Hall–Kier alpha value is -0.730. The zero-order chi connectivity index (χ0) is 11.7. The quantitative estimate of drug-likeness (QED) is 0.774. The predicted octanol–water partition coefficient (Wildman–Crippen LogP) is 3.69. The van der Waals surface area contributed by atoms with Crippen molar-refractivity contribution in [3.05, 3.63) is 33.8 Å². The van der Waals surface area contributed by atoms with Gasteiger partial charge < -0.3 is 4.74 Å². The van der Waals surface area contributed by atoms with Gasteiger partial charge in [0.05, 0.1) is 5.92 Å². The average Bonchev–Trinajstić information content (AvgIpc) is 2.94. The van der Waals surface area contributed by atoms with E-state index in [4.69, 9.17) is 27.9 Å². The van der Waals surface area contributed by atoms with Crippen LogP contribution in [0.2, 0.25) is 10.0 Å². The molecular formula is C12H12Cl2O2. The Morgan fingerprint density at radius 1 is 1.50 bits per heavy atom. The summed E-state index contributed by atoms with van der Waals surface area (Å²) in [6, 6.07) is 5.15. The minimum atomic E-state index is -0.126. The molecule has 4 heteroatoms. The second-order valence-corrected chi connectivity index (χ2v) is 5.01. The molecule has 0 aromatic heterocycles. The van der Waals surface area contributed by atoms with Crippen molar-refractivity contribution in [2.24, 2.45) is 11.8 Å². The standard InChI is InChI=1S/C12H12Cl2O2/c1-7-4-10(7)12(15)16-6-8-2-3-9(13)5-11(8)14/h2-3,5,7,10H,4,6H2,1H3/t7-,10-/m0/s1. The largest absolute Gasteiger partial charge is 0.461 e. The third-order valence-electron chi connectivity index (χ3n) is 2.80. The number of carbonyl (C=O) groups excluding carboxylic acids is 1. The molecule has 1 aliphatic carbocycles. The van der Waals surface area contributed by atoms with Crippen LogP contribution in [0.4, 0.5) is 0 Å². The Kier molecular flexibility index (Phi) is 3.41. The van der Waals surface area contributed by atoms with E-state index in [2.05, 4.69) is 0 Å². The Morgan fingerprint density at radius 3 is 2.75 bits per heavy atom. The molecule has 0 unspecified atom stereocenters. The van der Waals surface area contributed by atoms with E-state index in [1.54, 1.807) is 18.2 Å². The van der Waals surface area contributed by atoms with Gasteiger partial charge in [-0.25, -0.2) is 0 Å². The molecule has 0 saturated heterocycles. The van der Waals surface area contributed by atoms with Gasteiger partial charge in [-0.15, -0.1) is 0 Å². The molecule has 1 aromatic carbocycles. The Balaban J connectivity index is 1.92. The van der Waals surface area contributed by atoms with E-state index in [0.717, 1.165) is 12.0 Å². The van der Waals surface area contributed by atoms with Crippen molar-refractivity contribution in [1.29, 1.82) is 0 Å². The van der Waals surface area contributed by atoms with E-state index in [1.165, 1.54) is 0 Å². The highest BCUT2D eigenvalue weighted by Crippen LogP contribution is 2.38. The molecular weight excluding hydrogens is 247 g/mol. The van der Waals surface area contributed by atoms with Crippen LogP contribution in [0.3, 0.4) is 0 Å². The van der Waals surface area contributed by atoms with Gasteiger partial charge in [-0.05, 0) is 24.5 Å². The summed E-state index contributed by atoms with van der Waals surface area (Å²) in [6.07, 6.45) is 0.938. The molecule has 0 spiro atoms. The lowest BCUT2D eigenvalue weighted by molar-refractivity contribution is -0.146. The van der Waals surface area contributed by atoms with Crippen molar-refractivity contribution in [2.45, 2.75) is 20.0 Å². The van der Waals surface area contributed by atoms with E-state index in [1.807, 2.05) is 6.92 Å². The third-order valence-corrected chi connectivity index (χ3v) is 3.38. The van der Waals surface area contributed by atoms with Crippen LogP contribution in [-0.2, 0) is 16.1 Å². The van der Waals surface area contributed by atoms with Crippen molar-refractivity contribution in [2.75, 3.05) is 0 Å². The molecule has 1 fully saturated rings. The molecule has 0 heterocycles. The van der Waals surface area contributed by atoms with Crippen LogP contribution in [0, 0.1) is 11.8 Å². The normalized spacial score (nSPS) is 22.9. The van der Waals surface area contributed by atoms with E-state index < -0.39 is 0 Å². The fourth-order valence-electron chi connectivity index (χ4n) is 1.55. The van der Waals surface area contributed by atoms with Crippen LogP contribution >= 0.6 is 23.2 Å². The first-order chi connectivity index (χ1) is 7.58. The number of ether oxygens (including phenoxy) is 1. The van der Waals surface area contributed by atoms with Gasteiger partial charge >= 0.3 is 5.97 Å². The molecule has 1 aromatic rings. The summed E-state index contributed by atoms with van der Waals surface area (Å²) in [7, 11) is 0. The summed E-state index contributed by atoms with van der Waals surface area (Å²) >= 11 is 11.7. The fraction of sp³-hybridized carbons (Fsp3) is 0.417. The van der Waals surface area contributed by atoms with Gasteiger partial charge in [-0.3, -0.25) is 4.79 Å². The first-order valence-corrected chi connectivity index (χ1v) is 5.94. The first-order valence-electron chi connectivity index (χ1n) is 5.18. The average molecular weight is 259 g/mol. The number of halogens is 2. The lowest BCUT2D eigenvalue weighted by Gasteiger charge is -2.06. The van der Waals surface area contributed by atoms with Gasteiger partial charge in [0.1, 0.15) is 6.61 Å². The summed E-state index contributed by atoms with van der Waals surface area (Å²) in [5.74, 6) is 0.429. The molecule has 16 heavy (non-hydrogen) atoms. The van der Waals surface area contributed by atoms with Gasteiger partial charge in [-0.2, -0.15) is 0 Å². The van der Waals surface area contributed by atoms with Crippen LogP contribution in [0.15, 0.2) is 18.2 Å². The van der Waals surface area contributed by atoms with E-state index >= 15 is 0 Å². The number of benzene rings is 1. The van der Waals surface area contributed by atoms with Gasteiger partial charge in [0.15, 0.2) is 0 Å². The van der Waals surface area contributed by atoms with Gasteiger partial charge in [0, 0.05) is 15.6 Å². The monoisotopic (exact) mass is 258 g/mol. The lowest BCUT2D eigenvalue weighted by atomic mass is 10.2. The maximum Gasteiger partial charge on any atom is 0.309 e. The van der Waals surface area contributed by atoms with Crippen LogP contribution in [0.5, 0.6) is 0 Å². The second-order valence-electron chi connectivity index (χ2n) is 4.16. The smallest absolute Gasteiger partial charge is 0.309 e. The minimum Gasteiger partial charge on any atom is -0.461 e. The fourth-order valence-corrected chi connectivity index (χ4v) is 2.01. The minimum absolute atomic E-state index is 0.0890. The lowest BCUT2D eigenvalue weighted by Crippen LogP contribution is -2.07. The molecule has 2 atom stereocenters. The van der Waals surface area contributed by atoms with Gasteiger partial charge in [-0.1, -0.05) is 36.2 Å². The van der Waals surface area contributed by atoms with Crippen LogP contribution < -0.4 is 0 Å².